The third-order valence-electron chi connectivity index (χ3n) is 6.84. The molecule has 7 nitrogen and oxygen atoms in total. The van der Waals surface area contributed by atoms with Gasteiger partial charge in [0, 0.05) is 0 Å². The molecule has 3 heterocycles. The lowest BCUT2D eigenvalue weighted by Crippen LogP contribution is -2.55. The van der Waals surface area contributed by atoms with Gasteiger partial charge in [-0.25, -0.2) is 4.79 Å². The Morgan fingerprint density at radius 1 is 1.17 bits per heavy atom. The second-order valence-corrected chi connectivity index (χ2v) is 9.13. The van der Waals surface area contributed by atoms with Crippen molar-refractivity contribution >= 4 is 11.9 Å². The Kier molecular flexibility index (Phi) is 5.91. The van der Waals surface area contributed by atoms with Crippen LogP contribution in [0.4, 0.5) is 4.79 Å². The van der Waals surface area contributed by atoms with Crippen LogP contribution in [0.25, 0.3) is 0 Å². The molecule has 1 N–H and O–H groups in total. The molecular weight excluding hydrogens is 382 g/mol. The minimum atomic E-state index is -0.780. The molecule has 4 rings (SSSR count). The summed E-state index contributed by atoms with van der Waals surface area (Å²) in [5, 5.41) is 3.09. The third-order valence-corrected chi connectivity index (χ3v) is 6.84. The molecule has 1 atom stereocenters. The molecular formula is C23H33N3O4. The van der Waals surface area contributed by atoms with Gasteiger partial charge in [0.1, 0.15) is 5.54 Å². The number of hydrogen-bond acceptors (Lipinski definition) is 5. The molecule has 3 aliphatic heterocycles. The lowest BCUT2D eigenvalue weighted by atomic mass is 9.75. The lowest BCUT2D eigenvalue weighted by Gasteiger charge is -2.40. The minimum Gasteiger partial charge on any atom is -0.454 e. The SMILES string of the molecule is CC[C@@]1(C2CCN(CCC(C)C)CC2)NC(=O)N(Cc2ccc3c(c2)OCO3)C1=O. The number of nitrogens with one attached hydrogen (secondary N) is 1. The molecule has 2 fully saturated rings. The molecule has 0 aromatic heterocycles. The number of fused-ring (bicyclic) bond motifs is 1. The van der Waals surface area contributed by atoms with E-state index < -0.39 is 5.54 Å². The molecule has 3 aliphatic rings. The number of benzene rings is 1. The molecule has 0 unspecified atom stereocenters. The van der Waals surface area contributed by atoms with Crippen LogP contribution in [0.2, 0.25) is 0 Å². The molecule has 3 amide bonds. The summed E-state index contributed by atoms with van der Waals surface area (Å²) in [5.74, 6) is 2.15. The molecule has 1 aromatic rings. The summed E-state index contributed by atoms with van der Waals surface area (Å²) < 4.78 is 10.8. The first-order valence-corrected chi connectivity index (χ1v) is 11.2. The van der Waals surface area contributed by atoms with Gasteiger partial charge in [-0.2, -0.15) is 0 Å². The van der Waals surface area contributed by atoms with Gasteiger partial charge in [-0.15, -0.1) is 0 Å². The summed E-state index contributed by atoms with van der Waals surface area (Å²) in [7, 11) is 0. The van der Waals surface area contributed by atoms with E-state index in [9.17, 15) is 9.59 Å². The van der Waals surface area contributed by atoms with E-state index in [0.29, 0.717) is 23.8 Å². The van der Waals surface area contributed by atoms with Gasteiger partial charge in [0.25, 0.3) is 5.91 Å². The van der Waals surface area contributed by atoms with Gasteiger partial charge in [-0.05, 0) is 74.8 Å². The monoisotopic (exact) mass is 415 g/mol. The molecule has 30 heavy (non-hydrogen) atoms. The predicted molar refractivity (Wildman–Crippen MR) is 113 cm³/mol. The van der Waals surface area contributed by atoms with Crippen LogP contribution in [0.15, 0.2) is 18.2 Å². The van der Waals surface area contributed by atoms with E-state index in [0.717, 1.165) is 38.0 Å². The highest BCUT2D eigenvalue weighted by Gasteiger charge is 2.54. The number of likely N-dealkylation sites (tertiary alicyclic amines) is 1. The number of carbonyl (C=O) groups is 2. The quantitative estimate of drug-likeness (QED) is 0.692. The van der Waals surface area contributed by atoms with E-state index in [1.807, 2.05) is 25.1 Å². The zero-order valence-electron chi connectivity index (χ0n) is 18.3. The lowest BCUT2D eigenvalue weighted by molar-refractivity contribution is -0.134. The van der Waals surface area contributed by atoms with Crippen LogP contribution >= 0.6 is 0 Å². The number of amides is 3. The number of rotatable bonds is 7. The molecule has 7 heteroatoms. The molecule has 0 aliphatic carbocycles. The average Bonchev–Trinajstić information content (AvgIpc) is 3.30. The van der Waals surface area contributed by atoms with Crippen LogP contribution in [0.3, 0.4) is 0 Å². The van der Waals surface area contributed by atoms with Crippen LogP contribution in [0.1, 0.15) is 52.0 Å². The highest BCUT2D eigenvalue weighted by Crippen LogP contribution is 2.38. The summed E-state index contributed by atoms with van der Waals surface area (Å²) in [6, 6.07) is 5.27. The Balaban J connectivity index is 1.43. The van der Waals surface area contributed by atoms with E-state index in [-0.39, 0.29) is 31.2 Å². The van der Waals surface area contributed by atoms with Gasteiger partial charge < -0.3 is 19.7 Å². The van der Waals surface area contributed by atoms with Crippen molar-refractivity contribution in [3.63, 3.8) is 0 Å². The molecule has 2 saturated heterocycles. The van der Waals surface area contributed by atoms with Gasteiger partial charge in [0.05, 0.1) is 6.54 Å². The van der Waals surface area contributed by atoms with Crippen molar-refractivity contribution in [3.8, 4) is 11.5 Å². The molecule has 0 spiro atoms. The summed E-state index contributed by atoms with van der Waals surface area (Å²) >= 11 is 0. The number of hydrogen-bond donors (Lipinski definition) is 1. The van der Waals surface area contributed by atoms with Gasteiger partial charge in [0.15, 0.2) is 11.5 Å². The maximum atomic E-state index is 13.5. The summed E-state index contributed by atoms with van der Waals surface area (Å²) in [5.41, 5.74) is 0.0792. The number of carbonyl (C=O) groups excluding carboxylic acids is 2. The zero-order valence-corrected chi connectivity index (χ0v) is 18.3. The minimum absolute atomic E-state index is 0.0895. The van der Waals surface area contributed by atoms with Gasteiger partial charge in [-0.3, -0.25) is 9.69 Å². The van der Waals surface area contributed by atoms with Gasteiger partial charge in [-0.1, -0.05) is 26.8 Å². The number of urea groups is 1. The van der Waals surface area contributed by atoms with Crippen LogP contribution < -0.4 is 14.8 Å². The molecule has 1 aromatic carbocycles. The van der Waals surface area contributed by atoms with Gasteiger partial charge >= 0.3 is 6.03 Å². The fourth-order valence-corrected chi connectivity index (χ4v) is 4.91. The van der Waals surface area contributed by atoms with Crippen LogP contribution in [0, 0.1) is 11.8 Å². The average molecular weight is 416 g/mol. The number of piperidine rings is 1. The Labute approximate surface area is 178 Å². The standard InChI is InChI=1S/C23H33N3O4/c1-4-23(18-8-11-25(12-9-18)10-7-16(2)3)21(27)26(22(28)24-23)14-17-5-6-19-20(13-17)30-15-29-19/h5-6,13,16,18H,4,7-12,14-15H2,1-3H3,(H,24,28)/t23-/m0/s1. The van der Waals surface area contributed by atoms with E-state index in [2.05, 4.69) is 24.1 Å². The van der Waals surface area contributed by atoms with Crippen molar-refractivity contribution in [3.05, 3.63) is 23.8 Å². The Morgan fingerprint density at radius 2 is 1.90 bits per heavy atom. The van der Waals surface area contributed by atoms with Crippen molar-refractivity contribution in [2.24, 2.45) is 11.8 Å². The summed E-state index contributed by atoms with van der Waals surface area (Å²) in [6.45, 7) is 10.1. The second-order valence-electron chi connectivity index (χ2n) is 9.13. The number of imide groups is 1. The fourth-order valence-electron chi connectivity index (χ4n) is 4.91. The smallest absolute Gasteiger partial charge is 0.325 e. The fraction of sp³-hybridized carbons (Fsp3) is 0.652. The van der Waals surface area contributed by atoms with Crippen molar-refractivity contribution in [1.29, 1.82) is 0 Å². The second kappa shape index (κ2) is 8.46. The number of ether oxygens (including phenoxy) is 2. The van der Waals surface area contributed by atoms with Crippen molar-refractivity contribution in [2.75, 3.05) is 26.4 Å². The van der Waals surface area contributed by atoms with Crippen molar-refractivity contribution < 1.29 is 19.1 Å². The molecule has 0 radical (unpaired) electrons. The number of nitrogens with zero attached hydrogens (tertiary/aromatic N) is 2. The predicted octanol–water partition coefficient (Wildman–Crippen LogP) is 3.37. The van der Waals surface area contributed by atoms with E-state index in [1.165, 1.54) is 11.3 Å². The summed E-state index contributed by atoms with van der Waals surface area (Å²) in [4.78, 5) is 30.1. The normalized spacial score (nSPS) is 24.7. The topological polar surface area (TPSA) is 71.1 Å². The highest BCUT2D eigenvalue weighted by molar-refractivity contribution is 6.07. The van der Waals surface area contributed by atoms with E-state index in [1.54, 1.807) is 0 Å². The highest BCUT2D eigenvalue weighted by atomic mass is 16.7. The van der Waals surface area contributed by atoms with E-state index in [4.69, 9.17) is 9.47 Å². The first kappa shape index (κ1) is 21.0. The van der Waals surface area contributed by atoms with Gasteiger partial charge in [0.2, 0.25) is 6.79 Å². The van der Waals surface area contributed by atoms with E-state index >= 15 is 0 Å². The summed E-state index contributed by atoms with van der Waals surface area (Å²) in [6.07, 6.45) is 3.69. The first-order chi connectivity index (χ1) is 14.4. The Morgan fingerprint density at radius 3 is 2.60 bits per heavy atom. The van der Waals surface area contributed by atoms with Crippen LogP contribution in [0.5, 0.6) is 11.5 Å². The Bertz CT molecular complexity index is 804. The zero-order chi connectivity index (χ0) is 21.3. The van der Waals surface area contributed by atoms with Crippen LogP contribution in [-0.2, 0) is 11.3 Å². The first-order valence-electron chi connectivity index (χ1n) is 11.2. The molecule has 0 saturated carbocycles. The molecule has 0 bridgehead atoms. The largest absolute Gasteiger partial charge is 0.454 e. The van der Waals surface area contributed by atoms with Crippen molar-refractivity contribution in [2.45, 2.75) is 58.5 Å². The molecule has 164 valence electrons. The van der Waals surface area contributed by atoms with Crippen LogP contribution in [-0.4, -0.2) is 53.7 Å². The third kappa shape index (κ3) is 3.87. The van der Waals surface area contributed by atoms with Crippen molar-refractivity contribution in [1.82, 2.24) is 15.1 Å². The Hall–Kier alpha value is -2.28. The maximum absolute atomic E-state index is 13.5. The maximum Gasteiger partial charge on any atom is 0.325 e.